The summed E-state index contributed by atoms with van der Waals surface area (Å²) in [6.07, 6.45) is -12.1. The Morgan fingerprint density at radius 3 is 1.00 bits per heavy atom. The molecule has 0 aromatic heterocycles. The topological polar surface area (TPSA) is 0 Å². The third-order valence-corrected chi connectivity index (χ3v) is 1.78. The molecule has 0 aromatic carbocycles. The summed E-state index contributed by atoms with van der Waals surface area (Å²) in [7, 11) is 0. The second-order valence-electron chi connectivity index (χ2n) is 3.06. The molecule has 0 bridgehead atoms. The SMILES string of the molecule is F[C-](F)C(F)(F)C(F)(F)C(F)(F)C(F)(F)C(F)(F)F.[Cu+]. The van der Waals surface area contributed by atoms with Gasteiger partial charge < -0.3 is 8.78 Å². The van der Waals surface area contributed by atoms with Crippen LogP contribution < -0.4 is 0 Å². The van der Waals surface area contributed by atoms with E-state index in [-0.39, 0.29) is 17.1 Å². The molecule has 0 nitrogen and oxygen atoms in total. The average Bonchev–Trinajstić information content (AvgIpc) is 2.14. The molecule has 0 saturated carbocycles. The molecule has 20 heavy (non-hydrogen) atoms. The van der Waals surface area contributed by atoms with Gasteiger partial charge in [0.1, 0.15) is 0 Å². The van der Waals surface area contributed by atoms with E-state index in [4.69, 9.17) is 0 Å². The summed E-state index contributed by atoms with van der Waals surface area (Å²) in [5.41, 5.74) is 0. The fraction of sp³-hybridized carbons (Fsp3) is 0.833. The van der Waals surface area contributed by atoms with Crippen molar-refractivity contribution in [2.24, 2.45) is 0 Å². The maximum atomic E-state index is 12.3. The van der Waals surface area contributed by atoms with Crippen molar-refractivity contribution in [2.45, 2.75) is 29.9 Å². The van der Waals surface area contributed by atoms with E-state index in [1.807, 2.05) is 0 Å². The van der Waals surface area contributed by atoms with E-state index in [1.165, 1.54) is 0 Å². The Balaban J connectivity index is 0. The van der Waals surface area contributed by atoms with Gasteiger partial charge in [-0.2, -0.15) is 39.5 Å². The molecule has 0 atom stereocenters. The summed E-state index contributed by atoms with van der Waals surface area (Å²) in [6.45, 7) is 0. The molecule has 0 fully saturated rings. The van der Waals surface area contributed by atoms with Gasteiger partial charge in [0.05, 0.1) is 6.43 Å². The second kappa shape index (κ2) is 5.43. The van der Waals surface area contributed by atoms with E-state index < -0.39 is 36.3 Å². The minimum Gasteiger partial charge on any atom is -0.415 e. The Kier molecular flexibility index (Phi) is 5.94. The number of rotatable bonds is 4. The van der Waals surface area contributed by atoms with Crippen LogP contribution in [-0.4, -0.2) is 29.9 Å². The van der Waals surface area contributed by atoms with Crippen LogP contribution in [0.1, 0.15) is 0 Å². The predicted octanol–water partition coefficient (Wildman–Crippen LogP) is 4.52. The third kappa shape index (κ3) is 2.81. The predicted molar refractivity (Wildman–Crippen MR) is 31.3 cm³/mol. The fourth-order valence-electron chi connectivity index (χ4n) is 0.691. The monoisotopic (exact) mass is 382 g/mol. The molecule has 0 aliphatic carbocycles. The maximum Gasteiger partial charge on any atom is 1.00 e. The zero-order chi connectivity index (χ0) is 16.1. The van der Waals surface area contributed by atoms with Crippen molar-refractivity contribution in [2.75, 3.05) is 0 Å². The number of hydrogen-bond acceptors (Lipinski definition) is 0. The number of alkyl halides is 11. The Bertz CT molecular complexity index is 328. The molecule has 0 N–H and O–H groups in total. The van der Waals surface area contributed by atoms with Crippen LogP contribution >= 0.6 is 0 Å². The normalized spacial score (nSPS) is 15.3. The Morgan fingerprint density at radius 1 is 0.500 bits per heavy atom. The van der Waals surface area contributed by atoms with Crippen molar-refractivity contribution in [3.05, 3.63) is 6.43 Å². The zero-order valence-electron chi connectivity index (χ0n) is 8.22. The second-order valence-corrected chi connectivity index (χ2v) is 3.06. The standard InChI is InChI=1S/C6F13.Cu/c7-1(8)2(9,10)3(11,12)4(13,14)5(15,16)6(17,18)19;/q-1;+1. The van der Waals surface area contributed by atoms with Gasteiger partial charge in [0.2, 0.25) is 0 Å². The van der Waals surface area contributed by atoms with Gasteiger partial charge in [-0.15, -0.1) is 0 Å². The molecule has 0 spiro atoms. The minimum absolute atomic E-state index is 0. The van der Waals surface area contributed by atoms with E-state index in [0.717, 1.165) is 0 Å². The first-order valence-corrected chi connectivity index (χ1v) is 3.71. The number of halogens is 13. The summed E-state index contributed by atoms with van der Waals surface area (Å²) in [5, 5.41) is 0. The van der Waals surface area contributed by atoms with Crippen molar-refractivity contribution in [1.82, 2.24) is 0 Å². The van der Waals surface area contributed by atoms with E-state index in [9.17, 15) is 57.1 Å². The van der Waals surface area contributed by atoms with Gasteiger partial charge in [-0.05, 0) is 0 Å². The van der Waals surface area contributed by atoms with Crippen molar-refractivity contribution >= 4 is 0 Å². The van der Waals surface area contributed by atoms with Crippen molar-refractivity contribution in [1.29, 1.82) is 0 Å². The zero-order valence-corrected chi connectivity index (χ0v) is 9.16. The van der Waals surface area contributed by atoms with Gasteiger partial charge in [-0.25, -0.2) is 8.78 Å². The first-order chi connectivity index (χ1) is 7.94. The van der Waals surface area contributed by atoms with Gasteiger partial charge in [0.25, 0.3) is 5.92 Å². The van der Waals surface area contributed by atoms with Crippen molar-refractivity contribution in [3.63, 3.8) is 0 Å². The van der Waals surface area contributed by atoms with E-state index in [2.05, 4.69) is 0 Å². The molecule has 0 aromatic rings. The molecule has 14 heteroatoms. The first-order valence-electron chi connectivity index (χ1n) is 3.71. The van der Waals surface area contributed by atoms with Gasteiger partial charge in [0, 0.05) is 0 Å². The summed E-state index contributed by atoms with van der Waals surface area (Å²) in [5.74, 6) is -30.3. The van der Waals surface area contributed by atoms with E-state index in [1.54, 1.807) is 0 Å². The Labute approximate surface area is 111 Å². The molecule has 0 rings (SSSR count). The molecular formula is C6CuF13. The first kappa shape index (κ1) is 21.9. The molecule has 126 valence electrons. The van der Waals surface area contributed by atoms with Crippen LogP contribution in [0.5, 0.6) is 0 Å². The molecule has 0 radical (unpaired) electrons. The van der Waals surface area contributed by atoms with Gasteiger partial charge in [0.15, 0.2) is 0 Å². The van der Waals surface area contributed by atoms with Gasteiger partial charge in [-0.1, -0.05) is 0 Å². The molecular weight excluding hydrogens is 383 g/mol. The molecule has 0 amide bonds. The molecule has 0 unspecified atom stereocenters. The fourth-order valence-corrected chi connectivity index (χ4v) is 0.691. The largest absolute Gasteiger partial charge is 1.00 e. The van der Waals surface area contributed by atoms with Gasteiger partial charge >= 0.3 is 41.0 Å². The van der Waals surface area contributed by atoms with Crippen LogP contribution in [0.2, 0.25) is 0 Å². The van der Waals surface area contributed by atoms with Crippen LogP contribution in [-0.2, 0) is 17.1 Å². The molecule has 0 aliphatic heterocycles. The summed E-state index contributed by atoms with van der Waals surface area (Å²) >= 11 is 0. The van der Waals surface area contributed by atoms with Crippen LogP contribution in [0.3, 0.4) is 0 Å². The molecule has 0 heterocycles. The van der Waals surface area contributed by atoms with Gasteiger partial charge in [-0.3, -0.25) is 0 Å². The summed E-state index contributed by atoms with van der Waals surface area (Å²) in [6, 6.07) is 0. The third-order valence-electron chi connectivity index (χ3n) is 1.78. The Morgan fingerprint density at radius 2 is 0.800 bits per heavy atom. The minimum atomic E-state index is -7.80. The van der Waals surface area contributed by atoms with Crippen LogP contribution in [0.4, 0.5) is 57.1 Å². The summed E-state index contributed by atoms with van der Waals surface area (Å²) < 4.78 is 154. The van der Waals surface area contributed by atoms with E-state index in [0.29, 0.717) is 0 Å². The van der Waals surface area contributed by atoms with Crippen molar-refractivity contribution < 1.29 is 74.1 Å². The smallest absolute Gasteiger partial charge is 0.415 e. The summed E-state index contributed by atoms with van der Waals surface area (Å²) in [4.78, 5) is 0. The van der Waals surface area contributed by atoms with Crippen LogP contribution in [0, 0.1) is 6.43 Å². The Hall–Kier alpha value is -0.391. The van der Waals surface area contributed by atoms with E-state index >= 15 is 0 Å². The van der Waals surface area contributed by atoms with Crippen LogP contribution in [0.15, 0.2) is 0 Å². The molecule has 0 saturated heterocycles. The maximum absolute atomic E-state index is 12.3. The molecule has 0 aliphatic rings. The van der Waals surface area contributed by atoms with Crippen molar-refractivity contribution in [3.8, 4) is 0 Å². The quantitative estimate of drug-likeness (QED) is 0.381. The number of hydrogen-bond donors (Lipinski definition) is 0. The van der Waals surface area contributed by atoms with Crippen LogP contribution in [0.25, 0.3) is 0 Å². The average molecular weight is 383 g/mol.